The SMILES string of the molecule is CCSC1=C(C#N)[C@@H](c2ccccc2Cl)C[C@](OC(=O)c2ccccc2)(c2ccccc2)N1. The minimum absolute atomic E-state index is 0.329. The van der Waals surface area contributed by atoms with Gasteiger partial charge in [0, 0.05) is 22.9 Å². The zero-order valence-electron chi connectivity index (χ0n) is 18.1. The van der Waals surface area contributed by atoms with E-state index in [2.05, 4.69) is 11.4 Å². The van der Waals surface area contributed by atoms with Gasteiger partial charge in [-0.1, -0.05) is 85.3 Å². The van der Waals surface area contributed by atoms with E-state index in [1.54, 1.807) is 24.3 Å². The normalized spacial score (nSPS) is 20.0. The van der Waals surface area contributed by atoms with Gasteiger partial charge < -0.3 is 10.1 Å². The molecule has 0 aliphatic carbocycles. The van der Waals surface area contributed by atoms with Gasteiger partial charge >= 0.3 is 5.97 Å². The highest BCUT2D eigenvalue weighted by Gasteiger charge is 2.46. The number of rotatable bonds is 6. The number of nitrogens with zero attached hydrogens (tertiary/aromatic N) is 1. The summed E-state index contributed by atoms with van der Waals surface area (Å²) in [6, 6.07) is 28.4. The second-order valence-corrected chi connectivity index (χ2v) is 9.32. The van der Waals surface area contributed by atoms with Gasteiger partial charge in [-0.05, 0) is 29.5 Å². The highest BCUT2D eigenvalue weighted by molar-refractivity contribution is 8.03. The Balaban J connectivity index is 1.87. The number of benzene rings is 3. The second-order valence-electron chi connectivity index (χ2n) is 7.64. The van der Waals surface area contributed by atoms with Gasteiger partial charge in [-0.25, -0.2) is 4.79 Å². The third-order valence-electron chi connectivity index (χ3n) is 5.61. The number of halogens is 1. The lowest BCUT2D eigenvalue weighted by Crippen LogP contribution is -2.49. The zero-order chi connectivity index (χ0) is 23.3. The van der Waals surface area contributed by atoms with Crippen LogP contribution in [0.3, 0.4) is 0 Å². The van der Waals surface area contributed by atoms with Crippen molar-refractivity contribution < 1.29 is 9.53 Å². The Kier molecular flexibility index (Phi) is 7.08. The summed E-state index contributed by atoms with van der Waals surface area (Å²) < 4.78 is 6.26. The summed E-state index contributed by atoms with van der Waals surface area (Å²) in [6.07, 6.45) is 0.329. The molecule has 0 fully saturated rings. The molecule has 6 heteroatoms. The Morgan fingerprint density at radius 3 is 2.36 bits per heavy atom. The van der Waals surface area contributed by atoms with Crippen LogP contribution in [0.5, 0.6) is 0 Å². The van der Waals surface area contributed by atoms with Gasteiger partial charge in [0.2, 0.25) is 5.72 Å². The summed E-state index contributed by atoms with van der Waals surface area (Å²) >= 11 is 8.10. The van der Waals surface area contributed by atoms with Crippen molar-refractivity contribution in [2.75, 3.05) is 5.75 Å². The van der Waals surface area contributed by atoms with E-state index < -0.39 is 11.7 Å². The molecule has 1 aliphatic heterocycles. The van der Waals surface area contributed by atoms with Crippen molar-refractivity contribution >= 4 is 29.3 Å². The van der Waals surface area contributed by atoms with Crippen LogP contribution in [0.15, 0.2) is 95.5 Å². The number of carbonyl (C=O) groups excluding carboxylic acids is 1. The highest BCUT2D eigenvalue weighted by atomic mass is 35.5. The van der Waals surface area contributed by atoms with Gasteiger partial charge in [0.05, 0.1) is 22.2 Å². The minimum atomic E-state index is -1.17. The summed E-state index contributed by atoms with van der Waals surface area (Å²) in [7, 11) is 0. The molecule has 4 nitrogen and oxygen atoms in total. The Morgan fingerprint density at radius 1 is 1.09 bits per heavy atom. The molecule has 1 aliphatic rings. The summed E-state index contributed by atoms with van der Waals surface area (Å²) in [5.74, 6) is -0.0332. The van der Waals surface area contributed by atoms with Crippen molar-refractivity contribution in [3.8, 4) is 6.07 Å². The molecule has 3 aromatic rings. The van der Waals surface area contributed by atoms with Crippen molar-refractivity contribution in [1.29, 1.82) is 5.26 Å². The molecule has 0 unspecified atom stereocenters. The van der Waals surface area contributed by atoms with Crippen LogP contribution >= 0.6 is 23.4 Å². The molecule has 1 N–H and O–H groups in total. The molecule has 33 heavy (non-hydrogen) atoms. The Bertz CT molecular complexity index is 1210. The Morgan fingerprint density at radius 2 is 1.73 bits per heavy atom. The maximum absolute atomic E-state index is 13.2. The van der Waals surface area contributed by atoms with Gasteiger partial charge in [-0.15, -0.1) is 11.8 Å². The quantitative estimate of drug-likeness (QED) is 0.407. The van der Waals surface area contributed by atoms with E-state index >= 15 is 0 Å². The zero-order valence-corrected chi connectivity index (χ0v) is 19.7. The Labute approximate surface area is 203 Å². The molecule has 0 saturated heterocycles. The first-order valence-corrected chi connectivity index (χ1v) is 12.1. The van der Waals surface area contributed by atoms with Crippen LogP contribution in [-0.4, -0.2) is 11.7 Å². The highest BCUT2D eigenvalue weighted by Crippen LogP contribution is 2.47. The van der Waals surface area contributed by atoms with Crippen LogP contribution in [-0.2, 0) is 10.5 Å². The lowest BCUT2D eigenvalue weighted by atomic mass is 9.80. The average Bonchev–Trinajstić information content (AvgIpc) is 2.85. The van der Waals surface area contributed by atoms with Crippen LogP contribution < -0.4 is 5.32 Å². The summed E-state index contributed by atoms with van der Waals surface area (Å²) in [5.41, 5.74) is 1.52. The number of allylic oxidation sites excluding steroid dienone is 1. The average molecular weight is 475 g/mol. The van der Waals surface area contributed by atoms with E-state index in [0.717, 1.165) is 16.9 Å². The van der Waals surface area contributed by atoms with Crippen LogP contribution in [0.4, 0.5) is 0 Å². The summed E-state index contributed by atoms with van der Waals surface area (Å²) in [5, 5.41) is 14.8. The fourth-order valence-corrected chi connectivity index (χ4v) is 5.21. The van der Waals surface area contributed by atoms with Crippen LogP contribution in [0.1, 0.15) is 40.7 Å². The maximum atomic E-state index is 13.2. The van der Waals surface area contributed by atoms with Gasteiger partial charge in [0.15, 0.2) is 0 Å². The van der Waals surface area contributed by atoms with Gasteiger partial charge in [0.25, 0.3) is 0 Å². The second kappa shape index (κ2) is 10.2. The van der Waals surface area contributed by atoms with Crippen molar-refractivity contribution in [2.45, 2.75) is 25.0 Å². The molecule has 0 amide bonds. The number of hydrogen-bond acceptors (Lipinski definition) is 5. The van der Waals surface area contributed by atoms with Crippen molar-refractivity contribution in [3.63, 3.8) is 0 Å². The third-order valence-corrected chi connectivity index (χ3v) is 6.85. The fourth-order valence-electron chi connectivity index (χ4n) is 4.07. The van der Waals surface area contributed by atoms with E-state index in [1.807, 2.05) is 67.6 Å². The first-order chi connectivity index (χ1) is 16.1. The predicted octanol–water partition coefficient (Wildman–Crippen LogP) is 6.62. The molecule has 0 radical (unpaired) electrons. The minimum Gasteiger partial charge on any atom is -0.431 e. The molecule has 1 heterocycles. The molecule has 0 bridgehead atoms. The molecule has 2 atom stereocenters. The molecule has 0 saturated carbocycles. The lowest BCUT2D eigenvalue weighted by molar-refractivity contribution is -0.0455. The van der Waals surface area contributed by atoms with Crippen molar-refractivity contribution in [2.24, 2.45) is 0 Å². The molecule has 3 aromatic carbocycles. The van der Waals surface area contributed by atoms with Gasteiger partial charge in [-0.3, -0.25) is 0 Å². The maximum Gasteiger partial charge on any atom is 0.340 e. The van der Waals surface area contributed by atoms with E-state index in [0.29, 0.717) is 27.6 Å². The molecule has 0 aromatic heterocycles. The number of carbonyl (C=O) groups is 1. The number of nitrogens with one attached hydrogen (secondary N) is 1. The van der Waals surface area contributed by atoms with Crippen molar-refractivity contribution in [3.05, 3.63) is 117 Å². The predicted molar refractivity (Wildman–Crippen MR) is 133 cm³/mol. The largest absolute Gasteiger partial charge is 0.431 e. The van der Waals surface area contributed by atoms with Crippen LogP contribution in [0.25, 0.3) is 0 Å². The molecule has 0 spiro atoms. The number of thioether (sulfide) groups is 1. The van der Waals surface area contributed by atoms with Crippen LogP contribution in [0.2, 0.25) is 5.02 Å². The first-order valence-electron chi connectivity index (χ1n) is 10.7. The molecule has 4 rings (SSSR count). The number of ether oxygens (including phenoxy) is 1. The molecular formula is C27H23ClN2O2S. The first kappa shape index (κ1) is 23.0. The third kappa shape index (κ3) is 4.78. The number of nitriles is 1. The van der Waals surface area contributed by atoms with E-state index in [-0.39, 0.29) is 5.92 Å². The standard InChI is InChI=1S/C27H23ClN2O2S/c1-2-33-25-23(18-29)22(21-15-9-10-16-24(21)28)17-27(30-25,20-13-7-4-8-14-20)32-26(31)19-11-5-3-6-12-19/h3-16,22,30H,2,17H2,1H3/t22-,27+/m1/s1. The van der Waals surface area contributed by atoms with Gasteiger partial charge in [-0.2, -0.15) is 5.26 Å². The van der Waals surface area contributed by atoms with Crippen LogP contribution in [0, 0.1) is 11.3 Å². The lowest BCUT2D eigenvalue weighted by Gasteiger charge is -2.42. The molecular weight excluding hydrogens is 452 g/mol. The number of hydrogen-bond donors (Lipinski definition) is 1. The summed E-state index contributed by atoms with van der Waals surface area (Å²) in [6.45, 7) is 2.02. The topological polar surface area (TPSA) is 62.1 Å². The van der Waals surface area contributed by atoms with E-state index in [4.69, 9.17) is 16.3 Å². The monoisotopic (exact) mass is 474 g/mol. The van der Waals surface area contributed by atoms with Crippen molar-refractivity contribution in [1.82, 2.24) is 5.32 Å². The smallest absolute Gasteiger partial charge is 0.340 e. The summed E-state index contributed by atoms with van der Waals surface area (Å²) in [4.78, 5) is 13.2. The molecule has 166 valence electrons. The van der Waals surface area contributed by atoms with E-state index in [1.165, 1.54) is 11.8 Å². The van der Waals surface area contributed by atoms with Gasteiger partial charge in [0.1, 0.15) is 0 Å². The van der Waals surface area contributed by atoms with E-state index in [9.17, 15) is 10.1 Å². The Hall–Kier alpha value is -3.20. The fraction of sp³-hybridized carbons (Fsp3) is 0.185. The number of esters is 1.